The van der Waals surface area contributed by atoms with E-state index in [1.807, 2.05) is 30.3 Å². The summed E-state index contributed by atoms with van der Waals surface area (Å²) in [7, 11) is 1.67. The molecule has 34 heavy (non-hydrogen) atoms. The molecular formula is C26H30N4O3S. The molecule has 1 aliphatic heterocycles. The number of benzene rings is 2. The molecule has 2 heterocycles. The summed E-state index contributed by atoms with van der Waals surface area (Å²) in [5.74, 6) is 2.29. The molecule has 0 saturated carbocycles. The van der Waals surface area contributed by atoms with Crippen LogP contribution in [-0.4, -0.2) is 49.1 Å². The smallest absolute Gasteiger partial charge is 0.221 e. The number of carbonyl (C=O) groups is 1. The molecule has 7 nitrogen and oxygen atoms in total. The van der Waals surface area contributed by atoms with Gasteiger partial charge in [-0.15, -0.1) is 0 Å². The van der Waals surface area contributed by atoms with Crippen molar-refractivity contribution in [1.29, 1.82) is 0 Å². The van der Waals surface area contributed by atoms with Crippen molar-refractivity contribution in [3.63, 3.8) is 0 Å². The van der Waals surface area contributed by atoms with Crippen molar-refractivity contribution < 1.29 is 13.7 Å². The van der Waals surface area contributed by atoms with Crippen molar-refractivity contribution in [2.75, 3.05) is 43.5 Å². The van der Waals surface area contributed by atoms with Crippen LogP contribution >= 0.6 is 12.0 Å². The zero-order valence-electron chi connectivity index (χ0n) is 19.8. The number of nitrogens with one attached hydrogen (secondary N) is 1. The summed E-state index contributed by atoms with van der Waals surface area (Å²) in [4.78, 5) is 21.4. The molecule has 0 spiro atoms. The van der Waals surface area contributed by atoms with E-state index in [0.29, 0.717) is 5.69 Å². The lowest BCUT2D eigenvalue weighted by Gasteiger charge is -2.35. The topological polar surface area (TPSA) is 66.9 Å². The number of piperazine rings is 1. The van der Waals surface area contributed by atoms with Crippen LogP contribution in [0.15, 0.2) is 65.7 Å². The molecule has 1 aliphatic rings. The first-order valence-corrected chi connectivity index (χ1v) is 12.0. The average molecular weight is 479 g/mol. The van der Waals surface area contributed by atoms with E-state index >= 15 is 0 Å². The SMILES string of the molecule is COc1cc(CN2CCN(c3ccc(NC(C)=O)cn3)CC2)ccc1OSc1ccc(C)cc1. The second-order valence-electron chi connectivity index (χ2n) is 8.31. The van der Waals surface area contributed by atoms with Crippen LogP contribution in [0.4, 0.5) is 11.5 Å². The van der Waals surface area contributed by atoms with Crippen molar-refractivity contribution in [3.05, 3.63) is 71.9 Å². The molecule has 1 amide bonds. The largest absolute Gasteiger partial charge is 0.493 e. The molecule has 8 heteroatoms. The van der Waals surface area contributed by atoms with Gasteiger partial charge in [0, 0.05) is 44.5 Å². The zero-order chi connectivity index (χ0) is 23.9. The Morgan fingerprint density at radius 2 is 1.79 bits per heavy atom. The lowest BCUT2D eigenvalue weighted by Crippen LogP contribution is -2.46. The Morgan fingerprint density at radius 3 is 2.44 bits per heavy atom. The van der Waals surface area contributed by atoms with Crippen LogP contribution in [0.3, 0.4) is 0 Å². The highest BCUT2D eigenvalue weighted by molar-refractivity contribution is 7.95. The van der Waals surface area contributed by atoms with Gasteiger partial charge in [-0.05, 0) is 48.9 Å². The number of aryl methyl sites for hydroxylation is 1. The molecule has 0 radical (unpaired) electrons. The molecule has 3 aromatic rings. The van der Waals surface area contributed by atoms with E-state index in [0.717, 1.165) is 54.9 Å². The molecular weight excluding hydrogens is 448 g/mol. The van der Waals surface area contributed by atoms with Crippen LogP contribution in [0.1, 0.15) is 18.1 Å². The molecule has 2 aromatic carbocycles. The first-order chi connectivity index (χ1) is 16.5. The van der Waals surface area contributed by atoms with Crippen molar-refractivity contribution >= 4 is 29.5 Å². The maximum absolute atomic E-state index is 11.2. The second-order valence-corrected chi connectivity index (χ2v) is 9.12. The van der Waals surface area contributed by atoms with Crippen LogP contribution in [-0.2, 0) is 11.3 Å². The number of methoxy groups -OCH3 is 1. The predicted octanol–water partition coefficient (Wildman–Crippen LogP) is 4.77. The summed E-state index contributed by atoms with van der Waals surface area (Å²) < 4.78 is 11.5. The maximum atomic E-state index is 11.2. The highest BCUT2D eigenvalue weighted by Crippen LogP contribution is 2.33. The van der Waals surface area contributed by atoms with E-state index in [1.165, 1.54) is 30.1 Å². The number of rotatable bonds is 8. The van der Waals surface area contributed by atoms with Gasteiger partial charge in [-0.2, -0.15) is 0 Å². The van der Waals surface area contributed by atoms with Crippen LogP contribution in [0, 0.1) is 6.92 Å². The van der Waals surface area contributed by atoms with E-state index in [2.05, 4.69) is 51.3 Å². The number of ether oxygens (including phenoxy) is 1. The fourth-order valence-corrected chi connectivity index (χ4v) is 4.38. The summed E-state index contributed by atoms with van der Waals surface area (Å²) in [6.45, 7) is 8.10. The standard InChI is InChI=1S/C26H30N4O3S/c1-19-4-8-23(9-5-19)34-33-24-10-6-21(16-25(24)32-3)18-29-12-14-30(15-13-29)26-11-7-22(17-27-26)28-20(2)31/h4-11,16-17H,12-15,18H2,1-3H3,(H,28,31). The first-order valence-electron chi connectivity index (χ1n) is 11.3. The summed E-state index contributed by atoms with van der Waals surface area (Å²) >= 11 is 1.33. The number of carbonyl (C=O) groups excluding carboxylic acids is 1. The Bertz CT molecular complexity index is 1100. The maximum Gasteiger partial charge on any atom is 0.221 e. The van der Waals surface area contributed by atoms with Gasteiger partial charge >= 0.3 is 0 Å². The molecule has 0 aliphatic carbocycles. The molecule has 1 aromatic heterocycles. The van der Waals surface area contributed by atoms with Crippen molar-refractivity contribution in [2.45, 2.75) is 25.3 Å². The summed E-state index contributed by atoms with van der Waals surface area (Å²) in [5, 5.41) is 2.75. The molecule has 0 unspecified atom stereocenters. The van der Waals surface area contributed by atoms with Gasteiger partial charge in [-0.1, -0.05) is 23.8 Å². The Kier molecular flexibility index (Phi) is 7.92. The normalized spacial score (nSPS) is 14.0. The quantitative estimate of drug-likeness (QED) is 0.468. The minimum atomic E-state index is -0.0931. The van der Waals surface area contributed by atoms with E-state index in [-0.39, 0.29) is 5.91 Å². The third-order valence-corrected chi connectivity index (χ3v) is 6.37. The second kappa shape index (κ2) is 11.3. The molecule has 1 N–H and O–H groups in total. The summed E-state index contributed by atoms with van der Waals surface area (Å²) in [6.07, 6.45) is 1.70. The third kappa shape index (κ3) is 6.42. The van der Waals surface area contributed by atoms with Gasteiger partial charge in [0.2, 0.25) is 5.91 Å². The first kappa shape index (κ1) is 23.9. The molecule has 178 valence electrons. The molecule has 1 fully saturated rings. The monoisotopic (exact) mass is 478 g/mol. The highest BCUT2D eigenvalue weighted by Gasteiger charge is 2.19. The van der Waals surface area contributed by atoms with Gasteiger partial charge in [0.1, 0.15) is 5.82 Å². The zero-order valence-corrected chi connectivity index (χ0v) is 20.6. The molecule has 4 rings (SSSR count). The highest BCUT2D eigenvalue weighted by atomic mass is 32.2. The minimum absolute atomic E-state index is 0.0931. The Labute approximate surface area is 205 Å². The van der Waals surface area contributed by atoms with E-state index in [4.69, 9.17) is 8.92 Å². The summed E-state index contributed by atoms with van der Waals surface area (Å²) in [6, 6.07) is 18.2. The van der Waals surface area contributed by atoms with Crippen LogP contribution in [0.2, 0.25) is 0 Å². The lowest BCUT2D eigenvalue weighted by atomic mass is 10.1. The van der Waals surface area contributed by atoms with Gasteiger partial charge in [-0.25, -0.2) is 4.98 Å². The van der Waals surface area contributed by atoms with Crippen molar-refractivity contribution in [1.82, 2.24) is 9.88 Å². The average Bonchev–Trinajstić information content (AvgIpc) is 2.85. The van der Waals surface area contributed by atoms with Gasteiger partial charge in [0.15, 0.2) is 11.5 Å². The molecule has 0 atom stereocenters. The van der Waals surface area contributed by atoms with Gasteiger partial charge in [-0.3, -0.25) is 9.69 Å². The van der Waals surface area contributed by atoms with E-state index in [9.17, 15) is 4.79 Å². The van der Waals surface area contributed by atoms with E-state index in [1.54, 1.807) is 13.3 Å². The number of amides is 1. The number of hydrogen-bond acceptors (Lipinski definition) is 7. The van der Waals surface area contributed by atoms with Gasteiger partial charge in [0.25, 0.3) is 0 Å². The van der Waals surface area contributed by atoms with Crippen molar-refractivity contribution in [2.24, 2.45) is 0 Å². The van der Waals surface area contributed by atoms with Crippen LogP contribution in [0.25, 0.3) is 0 Å². The number of hydrogen-bond donors (Lipinski definition) is 1. The van der Waals surface area contributed by atoms with Crippen molar-refractivity contribution in [3.8, 4) is 11.5 Å². The molecule has 0 bridgehead atoms. The third-order valence-electron chi connectivity index (χ3n) is 5.65. The van der Waals surface area contributed by atoms with E-state index < -0.39 is 0 Å². The predicted molar refractivity (Wildman–Crippen MR) is 137 cm³/mol. The van der Waals surface area contributed by atoms with Crippen LogP contribution in [0.5, 0.6) is 11.5 Å². The van der Waals surface area contributed by atoms with Gasteiger partial charge in [0.05, 0.1) is 31.0 Å². The molecule has 1 saturated heterocycles. The minimum Gasteiger partial charge on any atom is -0.493 e. The summed E-state index contributed by atoms with van der Waals surface area (Å²) in [5.41, 5.74) is 3.13. The number of anilines is 2. The number of pyridine rings is 1. The Hall–Kier alpha value is -3.23. The fraction of sp³-hybridized carbons (Fsp3) is 0.308. The fourth-order valence-electron chi connectivity index (χ4n) is 3.81. The number of aromatic nitrogens is 1. The lowest BCUT2D eigenvalue weighted by molar-refractivity contribution is -0.114. The number of nitrogens with zero attached hydrogens (tertiary/aromatic N) is 3. The van der Waals surface area contributed by atoms with Gasteiger partial charge < -0.3 is 19.1 Å². The van der Waals surface area contributed by atoms with Crippen LogP contribution < -0.4 is 19.1 Å². The Morgan fingerprint density at radius 1 is 1.03 bits per heavy atom. The Balaban J connectivity index is 1.30.